The minimum absolute atomic E-state index is 0.495. The van der Waals surface area contributed by atoms with Crippen LogP contribution in [-0.4, -0.2) is 12.3 Å². The number of halogens is 2. The second-order valence-electron chi connectivity index (χ2n) is 4.80. The molecule has 1 atom stereocenters. The lowest BCUT2D eigenvalue weighted by atomic mass is 10.1. The first-order chi connectivity index (χ1) is 9.07. The molecule has 2 aliphatic rings. The van der Waals surface area contributed by atoms with Gasteiger partial charge in [0.05, 0.1) is 5.03 Å². The van der Waals surface area contributed by atoms with Crippen LogP contribution in [0.3, 0.4) is 0 Å². The fourth-order valence-electron chi connectivity index (χ4n) is 1.91. The van der Waals surface area contributed by atoms with Crippen LogP contribution in [0.2, 0.25) is 0 Å². The minimum atomic E-state index is -0.987. The maximum atomic E-state index is 6.34. The molecule has 4 N–H and O–H groups in total. The maximum Gasteiger partial charge on any atom is 0.210 e. The van der Waals surface area contributed by atoms with Crippen molar-refractivity contribution in [2.75, 3.05) is 0 Å². The third kappa shape index (κ3) is 2.78. The number of nitrogens with zero attached hydrogens (tertiary/aromatic N) is 1. The molecule has 1 aliphatic carbocycles. The van der Waals surface area contributed by atoms with Crippen molar-refractivity contribution in [1.29, 1.82) is 0 Å². The van der Waals surface area contributed by atoms with Gasteiger partial charge in [-0.3, -0.25) is 5.73 Å². The molecule has 1 aromatic carbocycles. The van der Waals surface area contributed by atoms with E-state index in [-0.39, 0.29) is 0 Å². The highest BCUT2D eigenvalue weighted by Gasteiger charge is 2.32. The van der Waals surface area contributed by atoms with Crippen molar-refractivity contribution in [2.24, 2.45) is 10.7 Å². The molecule has 1 saturated carbocycles. The Morgan fingerprint density at radius 2 is 2.26 bits per heavy atom. The van der Waals surface area contributed by atoms with Crippen LogP contribution in [0.15, 0.2) is 44.6 Å². The van der Waals surface area contributed by atoms with E-state index in [4.69, 9.17) is 17.3 Å². The van der Waals surface area contributed by atoms with Crippen LogP contribution in [0.25, 0.3) is 0 Å². The van der Waals surface area contributed by atoms with Crippen LogP contribution in [0, 0.1) is 0 Å². The Bertz CT molecular complexity index is 568. The smallest absolute Gasteiger partial charge is 0.210 e. The normalized spacial score (nSPS) is 26.3. The van der Waals surface area contributed by atoms with Crippen LogP contribution < -0.4 is 16.4 Å². The summed E-state index contributed by atoms with van der Waals surface area (Å²) in [6, 6.07) is 8.25. The van der Waals surface area contributed by atoms with E-state index in [0.29, 0.717) is 11.1 Å². The van der Waals surface area contributed by atoms with Gasteiger partial charge in [0.15, 0.2) is 0 Å². The fraction of sp³-hybridized carbons (Fsp3) is 0.308. The zero-order valence-corrected chi connectivity index (χ0v) is 12.5. The SMILES string of the molecule is NC1(c2cccc(Br)c2)N=CC(Cl)=C(NC2CC2)N1. The van der Waals surface area contributed by atoms with E-state index in [1.54, 1.807) is 6.21 Å². The molecule has 0 bridgehead atoms. The van der Waals surface area contributed by atoms with Crippen LogP contribution in [0.5, 0.6) is 0 Å². The van der Waals surface area contributed by atoms with E-state index >= 15 is 0 Å². The number of hydrogen-bond donors (Lipinski definition) is 3. The second-order valence-corrected chi connectivity index (χ2v) is 6.12. The Morgan fingerprint density at radius 3 is 2.95 bits per heavy atom. The van der Waals surface area contributed by atoms with Crippen LogP contribution in [0.4, 0.5) is 0 Å². The van der Waals surface area contributed by atoms with Crippen molar-refractivity contribution >= 4 is 33.7 Å². The maximum absolute atomic E-state index is 6.34. The van der Waals surface area contributed by atoms with E-state index < -0.39 is 5.79 Å². The predicted molar refractivity (Wildman–Crippen MR) is 80.7 cm³/mol. The van der Waals surface area contributed by atoms with Crippen molar-refractivity contribution < 1.29 is 0 Å². The lowest BCUT2D eigenvalue weighted by Crippen LogP contribution is -2.53. The number of aliphatic imine (C=N–C) groups is 1. The first kappa shape index (κ1) is 13.0. The first-order valence-electron chi connectivity index (χ1n) is 6.11. The van der Waals surface area contributed by atoms with Gasteiger partial charge < -0.3 is 10.6 Å². The number of nitrogens with two attached hydrogens (primary N) is 1. The summed E-state index contributed by atoms with van der Waals surface area (Å²) in [6.45, 7) is 0. The van der Waals surface area contributed by atoms with Crippen LogP contribution in [-0.2, 0) is 5.79 Å². The van der Waals surface area contributed by atoms with Crippen molar-refractivity contribution in [1.82, 2.24) is 10.6 Å². The Kier molecular flexibility index (Phi) is 3.28. The molecule has 3 rings (SSSR count). The van der Waals surface area contributed by atoms with Gasteiger partial charge >= 0.3 is 0 Å². The van der Waals surface area contributed by atoms with E-state index in [9.17, 15) is 0 Å². The quantitative estimate of drug-likeness (QED) is 0.791. The molecule has 0 amide bonds. The standard InChI is InChI=1S/C13H14BrClN4/c14-9-3-1-2-8(6-9)13(16)17-7-11(15)12(19-13)18-10-4-5-10/h1-3,6-7,10,18-19H,4-5,16H2. The van der Waals surface area contributed by atoms with Gasteiger partial charge in [0.2, 0.25) is 5.79 Å². The second kappa shape index (κ2) is 4.81. The summed E-state index contributed by atoms with van der Waals surface area (Å²) >= 11 is 9.58. The van der Waals surface area contributed by atoms with E-state index in [2.05, 4.69) is 31.6 Å². The average molecular weight is 342 g/mol. The Labute approximate surface area is 125 Å². The van der Waals surface area contributed by atoms with Crippen molar-refractivity contribution in [3.8, 4) is 0 Å². The molecule has 19 heavy (non-hydrogen) atoms. The molecular weight excluding hydrogens is 328 g/mol. The summed E-state index contributed by atoms with van der Waals surface area (Å²) in [4.78, 5) is 4.32. The monoisotopic (exact) mass is 340 g/mol. The molecule has 4 nitrogen and oxygen atoms in total. The molecule has 1 aliphatic heterocycles. The zero-order chi connectivity index (χ0) is 13.5. The van der Waals surface area contributed by atoms with Crippen molar-refractivity contribution in [2.45, 2.75) is 24.7 Å². The highest BCUT2D eigenvalue weighted by molar-refractivity contribution is 9.10. The molecule has 6 heteroatoms. The number of nitrogens with one attached hydrogen (secondary N) is 2. The number of allylic oxidation sites excluding steroid dienone is 1. The minimum Gasteiger partial charge on any atom is -0.368 e. The van der Waals surface area contributed by atoms with Gasteiger partial charge in [-0.1, -0.05) is 39.7 Å². The lowest BCUT2D eigenvalue weighted by molar-refractivity contribution is 0.380. The average Bonchev–Trinajstić information content (AvgIpc) is 3.18. The molecule has 0 saturated heterocycles. The summed E-state index contributed by atoms with van der Waals surface area (Å²) in [5, 5.41) is 7.08. The number of benzene rings is 1. The Morgan fingerprint density at radius 1 is 1.47 bits per heavy atom. The largest absolute Gasteiger partial charge is 0.368 e. The topological polar surface area (TPSA) is 62.4 Å². The molecule has 0 spiro atoms. The van der Waals surface area contributed by atoms with Crippen LogP contribution >= 0.6 is 27.5 Å². The van der Waals surface area contributed by atoms with Gasteiger partial charge in [-0.2, -0.15) is 0 Å². The lowest BCUT2D eigenvalue weighted by Gasteiger charge is -2.32. The third-order valence-corrected chi connectivity index (χ3v) is 3.91. The molecule has 0 aromatic heterocycles. The van der Waals surface area contributed by atoms with Crippen molar-refractivity contribution in [3.05, 3.63) is 45.2 Å². The summed E-state index contributed by atoms with van der Waals surface area (Å²) in [7, 11) is 0. The molecular formula is C13H14BrClN4. The molecule has 1 heterocycles. The van der Waals surface area contributed by atoms with Gasteiger partial charge in [0.1, 0.15) is 5.82 Å². The third-order valence-electron chi connectivity index (χ3n) is 3.13. The highest BCUT2D eigenvalue weighted by Crippen LogP contribution is 2.27. The van der Waals surface area contributed by atoms with E-state index in [1.807, 2.05) is 24.3 Å². The van der Waals surface area contributed by atoms with Gasteiger partial charge in [-0.05, 0) is 25.0 Å². The summed E-state index contributed by atoms with van der Waals surface area (Å²) in [5.41, 5.74) is 7.21. The van der Waals surface area contributed by atoms with Crippen molar-refractivity contribution in [3.63, 3.8) is 0 Å². The fourth-order valence-corrected chi connectivity index (χ4v) is 2.46. The summed E-state index contributed by atoms with van der Waals surface area (Å²) in [6.07, 6.45) is 3.94. The Balaban J connectivity index is 1.88. The van der Waals surface area contributed by atoms with Gasteiger partial charge in [-0.15, -0.1) is 0 Å². The molecule has 1 unspecified atom stereocenters. The highest BCUT2D eigenvalue weighted by atomic mass is 79.9. The molecule has 1 fully saturated rings. The van der Waals surface area contributed by atoms with E-state index in [0.717, 1.165) is 15.9 Å². The predicted octanol–water partition coefficient (Wildman–Crippen LogP) is 2.35. The number of hydrogen-bond acceptors (Lipinski definition) is 4. The first-order valence-corrected chi connectivity index (χ1v) is 7.28. The molecule has 1 aromatic rings. The number of rotatable bonds is 3. The summed E-state index contributed by atoms with van der Waals surface area (Å²) < 4.78 is 0.962. The zero-order valence-electron chi connectivity index (χ0n) is 10.2. The summed E-state index contributed by atoms with van der Waals surface area (Å²) in [5.74, 6) is -0.235. The Hall–Kier alpha value is -1.04. The van der Waals surface area contributed by atoms with Gasteiger partial charge in [0, 0.05) is 22.3 Å². The molecule has 100 valence electrons. The van der Waals surface area contributed by atoms with Gasteiger partial charge in [0.25, 0.3) is 0 Å². The van der Waals surface area contributed by atoms with Crippen LogP contribution in [0.1, 0.15) is 18.4 Å². The molecule has 0 radical (unpaired) electrons. The van der Waals surface area contributed by atoms with Gasteiger partial charge in [-0.25, -0.2) is 4.99 Å². The van der Waals surface area contributed by atoms with E-state index in [1.165, 1.54) is 12.8 Å².